The van der Waals surface area contributed by atoms with Crippen molar-refractivity contribution >= 4 is 27.5 Å². The Kier molecular flexibility index (Phi) is 5.54. The molecule has 7 nitrogen and oxygen atoms in total. The second-order valence-corrected chi connectivity index (χ2v) is 8.66. The normalized spacial score (nSPS) is 11.5. The van der Waals surface area contributed by atoms with Crippen LogP contribution in [-0.2, 0) is 13.1 Å². The Morgan fingerprint density at radius 2 is 1.30 bits per heavy atom. The molecule has 33 heavy (non-hydrogen) atoms. The number of anilines is 1. The van der Waals surface area contributed by atoms with Crippen molar-refractivity contribution in [1.82, 2.24) is 29.5 Å². The summed E-state index contributed by atoms with van der Waals surface area (Å²) in [5.74, 6) is 0. The van der Waals surface area contributed by atoms with E-state index in [1.54, 1.807) is 0 Å². The highest BCUT2D eigenvalue weighted by molar-refractivity contribution is 6.09. The molecule has 0 saturated carbocycles. The van der Waals surface area contributed by atoms with Gasteiger partial charge in [0.05, 0.1) is 35.5 Å². The van der Waals surface area contributed by atoms with E-state index in [4.69, 9.17) is 4.98 Å². The molecule has 1 aromatic carbocycles. The molecule has 0 radical (unpaired) electrons. The Labute approximate surface area is 193 Å². The van der Waals surface area contributed by atoms with Gasteiger partial charge in [-0.25, -0.2) is 0 Å². The Morgan fingerprint density at radius 1 is 0.727 bits per heavy atom. The summed E-state index contributed by atoms with van der Waals surface area (Å²) >= 11 is 0. The second kappa shape index (κ2) is 8.65. The molecule has 5 aromatic rings. The largest absolute Gasteiger partial charge is 0.367 e. The van der Waals surface area contributed by atoms with Crippen LogP contribution < -0.4 is 4.90 Å². The fourth-order valence-electron chi connectivity index (χ4n) is 4.61. The van der Waals surface area contributed by atoms with Crippen LogP contribution in [0.3, 0.4) is 0 Å². The van der Waals surface area contributed by atoms with Crippen molar-refractivity contribution in [3.8, 4) is 0 Å². The zero-order chi connectivity index (χ0) is 22.9. The summed E-state index contributed by atoms with van der Waals surface area (Å²) in [6.45, 7) is 11.6. The first-order valence-corrected chi connectivity index (χ1v) is 11.4. The summed E-state index contributed by atoms with van der Waals surface area (Å²) in [6, 6.07) is 14.7. The smallest absolute Gasteiger partial charge is 0.0985 e. The van der Waals surface area contributed by atoms with Gasteiger partial charge in [-0.1, -0.05) is 6.07 Å². The molecule has 0 aliphatic rings. The quantitative estimate of drug-likeness (QED) is 0.346. The molecule has 0 unspecified atom stereocenters. The van der Waals surface area contributed by atoms with E-state index < -0.39 is 0 Å². The number of hydrogen-bond donors (Lipinski definition) is 0. The third kappa shape index (κ3) is 4.18. The fraction of sp³-hybridized carbons (Fsp3) is 0.308. The maximum Gasteiger partial charge on any atom is 0.0985 e. The zero-order valence-corrected chi connectivity index (χ0v) is 19.7. The molecular weight excluding hydrogens is 410 g/mol. The SMILES string of the molecule is Cc1cc(C)n(CCN(CCn2nc(C)cc2C)c2cc3cccnc3c3ncccc23)n1. The number of hydrogen-bond acceptors (Lipinski definition) is 5. The van der Waals surface area contributed by atoms with Crippen LogP contribution in [0.4, 0.5) is 5.69 Å². The third-order valence-corrected chi connectivity index (χ3v) is 6.15. The number of rotatable bonds is 7. The maximum atomic E-state index is 4.70. The average molecular weight is 440 g/mol. The lowest BCUT2D eigenvalue weighted by atomic mass is 10.1. The zero-order valence-electron chi connectivity index (χ0n) is 19.7. The lowest BCUT2D eigenvalue weighted by molar-refractivity contribution is 0.541. The predicted octanol–water partition coefficient (Wildman–Crippen LogP) is 4.62. The van der Waals surface area contributed by atoms with Crippen LogP contribution in [0.15, 0.2) is 54.9 Å². The summed E-state index contributed by atoms with van der Waals surface area (Å²) in [6.07, 6.45) is 3.68. The van der Waals surface area contributed by atoms with Crippen LogP contribution in [0.25, 0.3) is 21.8 Å². The van der Waals surface area contributed by atoms with Gasteiger partial charge in [-0.2, -0.15) is 10.2 Å². The molecule has 168 valence electrons. The summed E-state index contributed by atoms with van der Waals surface area (Å²) in [7, 11) is 0. The van der Waals surface area contributed by atoms with E-state index in [9.17, 15) is 0 Å². The molecular formula is C26H29N7. The van der Waals surface area contributed by atoms with Crippen molar-refractivity contribution in [1.29, 1.82) is 0 Å². The molecule has 0 atom stereocenters. The average Bonchev–Trinajstić information content (AvgIpc) is 3.31. The van der Waals surface area contributed by atoms with Gasteiger partial charge in [-0.3, -0.25) is 19.3 Å². The van der Waals surface area contributed by atoms with E-state index in [0.29, 0.717) is 0 Å². The van der Waals surface area contributed by atoms with E-state index in [1.807, 2.05) is 38.4 Å². The molecule has 0 saturated heterocycles. The maximum absolute atomic E-state index is 4.70. The minimum absolute atomic E-state index is 0.809. The Morgan fingerprint density at radius 3 is 1.88 bits per heavy atom. The van der Waals surface area contributed by atoms with Crippen LogP contribution in [-0.4, -0.2) is 42.6 Å². The third-order valence-electron chi connectivity index (χ3n) is 6.15. The summed E-state index contributed by atoms with van der Waals surface area (Å²) in [5.41, 5.74) is 7.50. The molecule has 0 amide bonds. The van der Waals surface area contributed by atoms with Gasteiger partial charge in [0.25, 0.3) is 0 Å². The molecule has 0 aliphatic heterocycles. The highest BCUT2D eigenvalue weighted by Gasteiger charge is 2.16. The van der Waals surface area contributed by atoms with E-state index in [-0.39, 0.29) is 0 Å². The van der Waals surface area contributed by atoms with Gasteiger partial charge in [-0.05, 0) is 64.1 Å². The minimum atomic E-state index is 0.809. The van der Waals surface area contributed by atoms with Gasteiger partial charge in [0, 0.05) is 53.3 Å². The summed E-state index contributed by atoms with van der Waals surface area (Å²) in [4.78, 5) is 11.7. The number of aryl methyl sites for hydroxylation is 4. The first-order chi connectivity index (χ1) is 16.0. The lowest BCUT2D eigenvalue weighted by Gasteiger charge is -2.27. The first kappa shape index (κ1) is 21.1. The van der Waals surface area contributed by atoms with Gasteiger partial charge in [0.15, 0.2) is 0 Å². The Hall–Kier alpha value is -3.74. The summed E-state index contributed by atoms with van der Waals surface area (Å²) < 4.78 is 4.18. The molecule has 0 aliphatic carbocycles. The number of nitrogens with zero attached hydrogens (tertiary/aromatic N) is 7. The highest BCUT2D eigenvalue weighted by atomic mass is 15.3. The van der Waals surface area contributed by atoms with Crippen molar-refractivity contribution in [3.63, 3.8) is 0 Å². The van der Waals surface area contributed by atoms with Crippen LogP contribution >= 0.6 is 0 Å². The number of benzene rings is 1. The first-order valence-electron chi connectivity index (χ1n) is 11.4. The monoisotopic (exact) mass is 439 g/mol. The van der Waals surface area contributed by atoms with E-state index in [0.717, 1.165) is 59.4 Å². The van der Waals surface area contributed by atoms with Crippen LogP contribution in [0.5, 0.6) is 0 Å². The molecule has 0 N–H and O–H groups in total. The van der Waals surface area contributed by atoms with E-state index >= 15 is 0 Å². The fourth-order valence-corrected chi connectivity index (χ4v) is 4.61. The van der Waals surface area contributed by atoms with E-state index in [1.165, 1.54) is 17.1 Å². The predicted molar refractivity (Wildman–Crippen MR) is 133 cm³/mol. The van der Waals surface area contributed by atoms with Gasteiger partial charge >= 0.3 is 0 Å². The molecule has 0 bridgehead atoms. The van der Waals surface area contributed by atoms with Gasteiger partial charge in [0.2, 0.25) is 0 Å². The van der Waals surface area contributed by atoms with Gasteiger partial charge in [-0.15, -0.1) is 0 Å². The van der Waals surface area contributed by atoms with Crippen LogP contribution in [0.2, 0.25) is 0 Å². The lowest BCUT2D eigenvalue weighted by Crippen LogP contribution is -2.32. The molecule has 5 rings (SSSR count). The van der Waals surface area contributed by atoms with Crippen molar-refractivity contribution in [2.24, 2.45) is 0 Å². The van der Waals surface area contributed by atoms with Gasteiger partial charge < -0.3 is 4.90 Å². The molecule has 0 fully saturated rings. The van der Waals surface area contributed by atoms with Crippen molar-refractivity contribution in [2.75, 3.05) is 18.0 Å². The highest BCUT2D eigenvalue weighted by Crippen LogP contribution is 2.32. The molecule has 4 heterocycles. The number of pyridine rings is 2. The standard InChI is InChI=1S/C26H29N7/c1-18-15-20(3)32(29-18)13-11-31(12-14-33-21(4)16-19(2)30-33)24-17-22-7-5-9-27-25(22)26-23(24)8-6-10-28-26/h5-10,15-17H,11-14H2,1-4H3. The molecule has 0 spiro atoms. The van der Waals surface area contributed by atoms with Gasteiger partial charge in [0.1, 0.15) is 0 Å². The number of aromatic nitrogens is 6. The van der Waals surface area contributed by atoms with E-state index in [2.05, 4.69) is 73.6 Å². The van der Waals surface area contributed by atoms with Crippen molar-refractivity contribution in [2.45, 2.75) is 40.8 Å². The van der Waals surface area contributed by atoms with Crippen molar-refractivity contribution in [3.05, 3.63) is 77.6 Å². The Bertz CT molecular complexity index is 1380. The van der Waals surface area contributed by atoms with Crippen LogP contribution in [0.1, 0.15) is 22.8 Å². The Balaban J connectivity index is 1.55. The number of fused-ring (bicyclic) bond motifs is 3. The topological polar surface area (TPSA) is 64.7 Å². The molecule has 7 heteroatoms. The second-order valence-electron chi connectivity index (χ2n) is 8.66. The minimum Gasteiger partial charge on any atom is -0.367 e. The molecule has 4 aromatic heterocycles. The summed E-state index contributed by atoms with van der Waals surface area (Å²) in [5, 5.41) is 11.6. The van der Waals surface area contributed by atoms with Crippen LogP contribution in [0, 0.1) is 27.7 Å². The van der Waals surface area contributed by atoms with Crippen molar-refractivity contribution < 1.29 is 0 Å².